The van der Waals surface area contributed by atoms with Crippen molar-refractivity contribution in [2.45, 2.75) is 12.5 Å². The second-order valence-electron chi connectivity index (χ2n) is 11.5. The third kappa shape index (κ3) is 8.77. The van der Waals surface area contributed by atoms with Crippen molar-refractivity contribution in [1.82, 2.24) is 50.8 Å². The van der Waals surface area contributed by atoms with Crippen LogP contribution in [0.15, 0.2) is 61.4 Å². The summed E-state index contributed by atoms with van der Waals surface area (Å²) < 4.78 is 15.2. The number of piperazine rings is 2. The van der Waals surface area contributed by atoms with Crippen molar-refractivity contribution in [2.75, 3.05) is 69.3 Å². The second-order valence-corrected chi connectivity index (χ2v) is 12.4. The number of anilines is 2. The van der Waals surface area contributed by atoms with Crippen molar-refractivity contribution in [3.05, 3.63) is 94.3 Å². The highest BCUT2D eigenvalue weighted by Gasteiger charge is 2.45. The van der Waals surface area contributed by atoms with Gasteiger partial charge in [-0.2, -0.15) is 0 Å². The molecule has 3 amide bonds. The van der Waals surface area contributed by atoms with Gasteiger partial charge in [-0.3, -0.25) is 19.6 Å². The van der Waals surface area contributed by atoms with Gasteiger partial charge >= 0.3 is 12.2 Å². The largest absolute Gasteiger partial charge is 0.510 e. The van der Waals surface area contributed by atoms with Crippen LogP contribution in [0.3, 0.4) is 0 Å². The summed E-state index contributed by atoms with van der Waals surface area (Å²) in [6.45, 7) is 7.01. The highest BCUT2D eigenvalue weighted by atomic mass is 35.5. The van der Waals surface area contributed by atoms with Crippen molar-refractivity contribution in [2.24, 2.45) is 0 Å². The lowest BCUT2D eigenvalue weighted by Gasteiger charge is -2.30. The molecule has 0 aromatic carbocycles. The van der Waals surface area contributed by atoms with E-state index in [0.717, 1.165) is 31.1 Å². The monoisotopic (exact) mass is 780 g/mol. The van der Waals surface area contributed by atoms with Crippen LogP contribution in [-0.2, 0) is 14.2 Å². The molecule has 2 saturated heterocycles. The number of nitrogens with zero attached hydrogens (tertiary/aromatic N) is 9. The Morgan fingerprint density at radius 2 is 1.09 bits per heavy atom. The van der Waals surface area contributed by atoms with Gasteiger partial charge in [-0.25, -0.2) is 39.3 Å². The van der Waals surface area contributed by atoms with Crippen LogP contribution >= 0.6 is 23.2 Å². The maximum atomic E-state index is 12.8. The molecular formula is C33H34Cl2N12O7. The Bertz CT molecular complexity index is 1940. The minimum Gasteiger partial charge on any atom is -0.438 e. The number of carbonyl (C=O) groups is 4. The smallest absolute Gasteiger partial charge is 0.438 e. The molecule has 8 rings (SSSR count). The van der Waals surface area contributed by atoms with E-state index in [-0.39, 0.29) is 28.6 Å². The maximum Gasteiger partial charge on any atom is 0.510 e. The highest BCUT2D eigenvalue weighted by Crippen LogP contribution is 2.37. The number of nitrogens with one attached hydrogen (secondary N) is 3. The van der Waals surface area contributed by atoms with E-state index in [4.69, 9.17) is 32.7 Å². The summed E-state index contributed by atoms with van der Waals surface area (Å²) in [6.07, 6.45) is 4.87. The zero-order valence-corrected chi connectivity index (χ0v) is 30.2. The number of halogens is 2. The Hall–Kier alpha value is -5.60. The molecule has 4 aromatic rings. The summed E-state index contributed by atoms with van der Waals surface area (Å²) in [6, 6.07) is 6.28. The van der Waals surface area contributed by atoms with Gasteiger partial charge in [-0.1, -0.05) is 23.2 Å². The molecule has 0 saturated carbocycles. The third-order valence-corrected chi connectivity index (χ3v) is 8.52. The number of hydrogen-bond donors (Lipinski definition) is 3. The van der Waals surface area contributed by atoms with Gasteiger partial charge in [0.15, 0.2) is 11.4 Å². The predicted octanol–water partition coefficient (Wildman–Crippen LogP) is 2.37. The zero-order valence-electron chi connectivity index (χ0n) is 28.7. The van der Waals surface area contributed by atoms with Crippen molar-refractivity contribution < 1.29 is 33.4 Å². The maximum absolute atomic E-state index is 12.8. The molecular weight excluding hydrogens is 747 g/mol. The topological polar surface area (TPSA) is 219 Å². The summed E-state index contributed by atoms with van der Waals surface area (Å²) in [5.41, 5.74) is 0.739. The van der Waals surface area contributed by atoms with E-state index in [1.807, 2.05) is 0 Å². The van der Waals surface area contributed by atoms with E-state index in [9.17, 15) is 19.2 Å². The van der Waals surface area contributed by atoms with E-state index >= 15 is 0 Å². The van der Waals surface area contributed by atoms with Crippen LogP contribution in [0.2, 0.25) is 10.0 Å². The second kappa shape index (κ2) is 18.0. The van der Waals surface area contributed by atoms with E-state index in [1.54, 1.807) is 23.1 Å². The van der Waals surface area contributed by atoms with Gasteiger partial charge in [-0.15, -0.1) is 0 Å². The molecule has 0 bridgehead atoms. The molecule has 4 aromatic heterocycles. The number of methoxy groups -OCH3 is 1. The first-order valence-corrected chi connectivity index (χ1v) is 17.4. The van der Waals surface area contributed by atoms with Crippen molar-refractivity contribution in [3.63, 3.8) is 0 Å². The van der Waals surface area contributed by atoms with Gasteiger partial charge in [0.25, 0.3) is 11.8 Å². The number of carbonyl (C=O) groups excluding carboxylic acids is 4. The molecule has 0 unspecified atom stereocenters. The fraction of sp³-hybridized carbons (Fsp3) is 0.333. The summed E-state index contributed by atoms with van der Waals surface area (Å²) in [7, 11) is 1.17. The standard InChI is InChI=1S/C16H15ClN6O3.C13H9ClN4O4.C4H10N2/c17-10-1-2-11(21-9-10)23-14(24)12-13(20-4-3-19-12)15(23)26-16(25)22-7-5-18-6-8-22;1-21-13(20)22-12-10-9(15-4-5-16-10)11(19)18(12)8-3-2-7(14)6-17-8;1-2-6-4-3-5-1/h1-4,9,15,18H,5-8H2;2-6,12H,1H3;5-6H,1-4H2/t15-;12-;/m00./s1. The molecule has 2 fully saturated rings. The molecule has 0 radical (unpaired) electrons. The van der Waals surface area contributed by atoms with E-state index < -0.39 is 36.5 Å². The number of aromatic nitrogens is 6. The molecule has 282 valence electrons. The van der Waals surface area contributed by atoms with Gasteiger partial charge in [0, 0.05) is 89.5 Å². The van der Waals surface area contributed by atoms with Gasteiger partial charge in [0.05, 0.1) is 17.2 Å². The Kier molecular flexibility index (Phi) is 12.7. The predicted molar refractivity (Wildman–Crippen MR) is 192 cm³/mol. The van der Waals surface area contributed by atoms with Crippen molar-refractivity contribution in [3.8, 4) is 0 Å². The SMILES string of the molecule is C1CNCCN1.COC(=O)O[C@H]1c2nccnc2C(=O)N1c1ccc(Cl)cn1.O=C(O[C@H]1c2nccnc2C(=O)N1c1ccc(Cl)cn1)N1CCNCC1. The van der Waals surface area contributed by atoms with E-state index in [1.165, 1.54) is 55.3 Å². The number of pyridine rings is 2. The number of hydrogen-bond acceptors (Lipinski definition) is 16. The Balaban J connectivity index is 0.000000161. The zero-order chi connectivity index (χ0) is 38.0. The van der Waals surface area contributed by atoms with Gasteiger partial charge in [0.2, 0.25) is 12.5 Å². The van der Waals surface area contributed by atoms with Crippen LogP contribution in [0, 0.1) is 0 Å². The fourth-order valence-electron chi connectivity index (χ4n) is 5.52. The number of fused-ring (bicyclic) bond motifs is 2. The summed E-state index contributed by atoms with van der Waals surface area (Å²) in [5, 5.41) is 10.5. The van der Waals surface area contributed by atoms with Crippen LogP contribution in [0.25, 0.3) is 0 Å². The third-order valence-electron chi connectivity index (χ3n) is 8.07. The first kappa shape index (κ1) is 38.1. The molecule has 4 aliphatic rings. The molecule has 3 N–H and O–H groups in total. The quantitative estimate of drug-likeness (QED) is 0.253. The molecule has 0 aliphatic carbocycles. The van der Waals surface area contributed by atoms with Crippen LogP contribution < -0.4 is 25.8 Å². The number of ether oxygens (including phenoxy) is 3. The molecule has 0 spiro atoms. The average Bonchev–Trinajstić information content (AvgIpc) is 3.66. The number of amides is 3. The Labute approximate surface area is 318 Å². The van der Waals surface area contributed by atoms with Gasteiger partial charge in [0.1, 0.15) is 23.0 Å². The lowest BCUT2D eigenvalue weighted by Crippen LogP contribution is -2.47. The highest BCUT2D eigenvalue weighted by molar-refractivity contribution is 6.30. The van der Waals surface area contributed by atoms with Crippen molar-refractivity contribution >= 4 is 58.9 Å². The minimum absolute atomic E-state index is 0.0909. The summed E-state index contributed by atoms with van der Waals surface area (Å²) in [5.74, 6) is -0.353. The lowest BCUT2D eigenvalue weighted by atomic mass is 10.3. The first-order chi connectivity index (χ1) is 26.3. The number of rotatable bonds is 4. The molecule has 8 heterocycles. The molecule has 2 atom stereocenters. The van der Waals surface area contributed by atoms with Crippen molar-refractivity contribution in [1.29, 1.82) is 0 Å². The lowest BCUT2D eigenvalue weighted by molar-refractivity contribution is 0.0360. The summed E-state index contributed by atoms with van der Waals surface area (Å²) >= 11 is 11.7. The Morgan fingerprint density at radius 1 is 0.648 bits per heavy atom. The van der Waals surface area contributed by atoms with Gasteiger partial charge in [-0.05, 0) is 24.3 Å². The normalized spacial score (nSPS) is 18.7. The molecule has 4 aliphatic heterocycles. The fourth-order valence-corrected chi connectivity index (χ4v) is 5.74. The molecule has 21 heteroatoms. The van der Waals surface area contributed by atoms with Crippen LogP contribution in [0.5, 0.6) is 0 Å². The van der Waals surface area contributed by atoms with Crippen LogP contribution in [0.4, 0.5) is 21.2 Å². The first-order valence-electron chi connectivity index (χ1n) is 16.6. The Morgan fingerprint density at radius 3 is 1.52 bits per heavy atom. The minimum atomic E-state index is -1.10. The van der Waals surface area contributed by atoms with E-state index in [0.29, 0.717) is 42.0 Å². The van der Waals surface area contributed by atoms with Crippen LogP contribution in [0.1, 0.15) is 44.8 Å². The molecule has 54 heavy (non-hydrogen) atoms. The molecule has 19 nitrogen and oxygen atoms in total. The van der Waals surface area contributed by atoms with Gasteiger partial charge < -0.3 is 35.1 Å². The van der Waals surface area contributed by atoms with Crippen LogP contribution in [-0.4, -0.2) is 118 Å². The summed E-state index contributed by atoms with van der Waals surface area (Å²) in [4.78, 5) is 77.8. The average molecular weight is 782 g/mol. The van der Waals surface area contributed by atoms with E-state index in [2.05, 4.69) is 50.6 Å².